The van der Waals surface area contributed by atoms with Crippen LogP contribution in [0.2, 0.25) is 0 Å². The first-order valence-electron chi connectivity index (χ1n) is 11.0. The first-order chi connectivity index (χ1) is 15.8. The second-order valence-corrected chi connectivity index (χ2v) is 10.6. The molecule has 10 nitrogen and oxygen atoms in total. The summed E-state index contributed by atoms with van der Waals surface area (Å²) in [5.41, 5.74) is -0.0752. The lowest BCUT2D eigenvalue weighted by molar-refractivity contribution is -0.384. The molecule has 0 aliphatic carbocycles. The van der Waals surface area contributed by atoms with Gasteiger partial charge in [-0.25, -0.2) is 8.42 Å². The van der Waals surface area contributed by atoms with Gasteiger partial charge in [0, 0.05) is 37.3 Å². The summed E-state index contributed by atoms with van der Waals surface area (Å²) in [4.78, 5) is 27.0. The van der Waals surface area contributed by atoms with Crippen LogP contribution in [-0.4, -0.2) is 61.4 Å². The van der Waals surface area contributed by atoms with Crippen LogP contribution in [0.15, 0.2) is 40.8 Å². The molecule has 2 aliphatic rings. The third-order valence-corrected chi connectivity index (χ3v) is 7.77. The Morgan fingerprint density at radius 3 is 2.52 bits per heavy atom. The molecule has 0 saturated carbocycles. The predicted molar refractivity (Wildman–Crippen MR) is 121 cm³/mol. The van der Waals surface area contributed by atoms with Crippen LogP contribution in [0.4, 0.5) is 11.6 Å². The number of sulfone groups is 1. The van der Waals surface area contributed by atoms with Crippen molar-refractivity contribution in [2.45, 2.75) is 38.3 Å². The number of anilines is 1. The molecule has 33 heavy (non-hydrogen) atoms. The van der Waals surface area contributed by atoms with Gasteiger partial charge < -0.3 is 19.0 Å². The summed E-state index contributed by atoms with van der Waals surface area (Å²) in [6.07, 6.45) is 3.80. The molecule has 2 aliphatic heterocycles. The summed E-state index contributed by atoms with van der Waals surface area (Å²) in [6, 6.07) is 8.71. The van der Waals surface area contributed by atoms with Gasteiger partial charge in [0.1, 0.15) is 11.5 Å². The molecule has 11 heteroatoms. The minimum atomic E-state index is -3.20. The lowest BCUT2D eigenvalue weighted by atomic mass is 10.1. The summed E-state index contributed by atoms with van der Waals surface area (Å²) in [5.74, 6) is 1.25. The van der Waals surface area contributed by atoms with E-state index in [0.717, 1.165) is 31.8 Å². The van der Waals surface area contributed by atoms with Crippen LogP contribution in [0.5, 0.6) is 5.75 Å². The summed E-state index contributed by atoms with van der Waals surface area (Å²) in [5, 5.41) is 10.8. The number of carbonyl (C=O) groups is 1. The molecular weight excluding hydrogens is 450 g/mol. The highest BCUT2D eigenvalue weighted by Gasteiger charge is 2.35. The second-order valence-electron chi connectivity index (χ2n) is 8.41. The Bertz CT molecular complexity index is 1090. The van der Waals surface area contributed by atoms with Gasteiger partial charge in [-0.3, -0.25) is 14.9 Å². The van der Waals surface area contributed by atoms with Crippen molar-refractivity contribution in [1.29, 1.82) is 0 Å². The molecule has 2 fully saturated rings. The first kappa shape index (κ1) is 23.1. The van der Waals surface area contributed by atoms with E-state index in [2.05, 4.69) is 4.90 Å². The van der Waals surface area contributed by atoms with Gasteiger partial charge in [-0.15, -0.1) is 0 Å². The Balaban J connectivity index is 1.44. The molecule has 178 valence electrons. The zero-order valence-electron chi connectivity index (χ0n) is 18.2. The minimum Gasteiger partial charge on any atom is -0.484 e. The number of carbonyl (C=O) groups excluding carboxylic acids is 1. The van der Waals surface area contributed by atoms with Gasteiger partial charge in [-0.1, -0.05) is 0 Å². The molecule has 0 bridgehead atoms. The summed E-state index contributed by atoms with van der Waals surface area (Å²) in [6.45, 7) is 1.70. The van der Waals surface area contributed by atoms with Gasteiger partial charge in [0.25, 0.3) is 11.6 Å². The fourth-order valence-electron chi connectivity index (χ4n) is 4.24. The topological polar surface area (TPSA) is 123 Å². The highest BCUT2D eigenvalue weighted by atomic mass is 32.2. The Kier molecular flexibility index (Phi) is 6.87. The number of non-ortho nitro benzene ring substituents is 1. The number of rotatable bonds is 8. The van der Waals surface area contributed by atoms with Gasteiger partial charge in [-0.2, -0.15) is 0 Å². The number of amides is 1. The maximum Gasteiger partial charge on any atom is 0.269 e. The van der Waals surface area contributed by atoms with Crippen molar-refractivity contribution in [1.82, 2.24) is 4.90 Å². The number of nitro groups is 1. The number of nitrogens with zero attached hydrogens (tertiary/aromatic N) is 3. The third-order valence-electron chi connectivity index (χ3n) is 6.02. The Labute approximate surface area is 192 Å². The number of ether oxygens (including phenoxy) is 1. The van der Waals surface area contributed by atoms with Crippen molar-refractivity contribution >= 4 is 27.3 Å². The van der Waals surface area contributed by atoms with Gasteiger partial charge in [0.15, 0.2) is 22.3 Å². The van der Waals surface area contributed by atoms with Gasteiger partial charge in [0.2, 0.25) is 0 Å². The zero-order valence-corrected chi connectivity index (χ0v) is 19.0. The second kappa shape index (κ2) is 9.82. The van der Waals surface area contributed by atoms with Gasteiger partial charge >= 0.3 is 0 Å². The van der Waals surface area contributed by atoms with Crippen LogP contribution >= 0.6 is 0 Å². The predicted octanol–water partition coefficient (Wildman–Crippen LogP) is 2.77. The normalized spacial score (nSPS) is 19.9. The molecule has 1 amide bonds. The molecule has 2 aromatic rings. The van der Waals surface area contributed by atoms with Gasteiger partial charge in [0.05, 0.1) is 23.0 Å². The number of hydrogen-bond acceptors (Lipinski definition) is 8. The molecule has 3 heterocycles. The van der Waals surface area contributed by atoms with Crippen molar-refractivity contribution in [3.8, 4) is 5.75 Å². The van der Waals surface area contributed by atoms with E-state index in [1.54, 1.807) is 0 Å². The average molecular weight is 478 g/mol. The molecule has 4 rings (SSSR count). The zero-order chi connectivity index (χ0) is 23.4. The van der Waals surface area contributed by atoms with E-state index in [-0.39, 0.29) is 36.3 Å². The SMILES string of the molecule is O=C(COc1ccc([N+](=O)[O-])cc1)N(Cc1ccc(N2CCCCC2)o1)C1CCS(=O)(=O)C1. The lowest BCUT2D eigenvalue weighted by Gasteiger charge is -2.28. The van der Waals surface area contributed by atoms with Crippen LogP contribution in [0, 0.1) is 10.1 Å². The van der Waals surface area contributed by atoms with E-state index < -0.39 is 20.8 Å². The lowest BCUT2D eigenvalue weighted by Crippen LogP contribution is -2.43. The molecule has 0 N–H and O–H groups in total. The van der Waals surface area contributed by atoms with E-state index in [1.807, 2.05) is 12.1 Å². The highest BCUT2D eigenvalue weighted by Crippen LogP contribution is 2.26. The molecule has 0 spiro atoms. The fourth-order valence-corrected chi connectivity index (χ4v) is 5.97. The molecule has 0 radical (unpaired) electrons. The Morgan fingerprint density at radius 2 is 1.88 bits per heavy atom. The van der Waals surface area contributed by atoms with Crippen LogP contribution in [0.3, 0.4) is 0 Å². The van der Waals surface area contributed by atoms with E-state index in [4.69, 9.17) is 9.15 Å². The van der Waals surface area contributed by atoms with Crippen molar-refractivity contribution < 1.29 is 27.3 Å². The maximum absolute atomic E-state index is 13.0. The molecule has 1 aromatic carbocycles. The number of hydrogen-bond donors (Lipinski definition) is 0. The summed E-state index contributed by atoms with van der Waals surface area (Å²) < 4.78 is 35.6. The summed E-state index contributed by atoms with van der Waals surface area (Å²) in [7, 11) is -3.20. The highest BCUT2D eigenvalue weighted by molar-refractivity contribution is 7.91. The minimum absolute atomic E-state index is 0.0435. The number of furan rings is 1. The Morgan fingerprint density at radius 1 is 1.15 bits per heavy atom. The van der Waals surface area contributed by atoms with E-state index in [9.17, 15) is 23.3 Å². The maximum atomic E-state index is 13.0. The molecule has 1 unspecified atom stereocenters. The van der Waals surface area contributed by atoms with Crippen molar-refractivity contribution in [2.24, 2.45) is 0 Å². The van der Waals surface area contributed by atoms with Crippen LogP contribution in [0.1, 0.15) is 31.4 Å². The van der Waals surface area contributed by atoms with Crippen molar-refractivity contribution in [3.05, 3.63) is 52.3 Å². The monoisotopic (exact) mass is 477 g/mol. The van der Waals surface area contributed by atoms with Gasteiger partial charge in [-0.05, 0) is 43.9 Å². The Hall–Kier alpha value is -3.08. The quantitative estimate of drug-likeness (QED) is 0.420. The molecule has 2 saturated heterocycles. The third kappa shape index (κ3) is 5.84. The average Bonchev–Trinajstić information content (AvgIpc) is 3.42. The fraction of sp³-hybridized carbons (Fsp3) is 0.500. The molecular formula is C22H27N3O7S. The van der Waals surface area contributed by atoms with Crippen LogP contribution in [-0.2, 0) is 21.2 Å². The van der Waals surface area contributed by atoms with Crippen molar-refractivity contribution in [3.63, 3.8) is 0 Å². The standard InChI is InChI=1S/C22H27N3O7S/c26-21(15-31-19-6-4-17(5-7-19)25(27)28)24(18-10-13-33(29,30)16-18)14-20-8-9-22(32-20)23-11-2-1-3-12-23/h4-9,18H,1-3,10-16H2. The first-order valence-corrected chi connectivity index (χ1v) is 12.8. The van der Waals surface area contributed by atoms with E-state index in [0.29, 0.717) is 17.9 Å². The number of benzene rings is 1. The van der Waals surface area contributed by atoms with Crippen LogP contribution < -0.4 is 9.64 Å². The number of nitro benzene ring substituents is 1. The number of piperidine rings is 1. The molecule has 1 atom stereocenters. The molecule has 1 aromatic heterocycles. The smallest absolute Gasteiger partial charge is 0.269 e. The van der Waals surface area contributed by atoms with Crippen molar-refractivity contribution in [2.75, 3.05) is 36.1 Å². The van der Waals surface area contributed by atoms with E-state index in [1.165, 1.54) is 35.6 Å². The van der Waals surface area contributed by atoms with Crippen LogP contribution in [0.25, 0.3) is 0 Å². The summed E-state index contributed by atoms with van der Waals surface area (Å²) >= 11 is 0. The largest absolute Gasteiger partial charge is 0.484 e. The van der Waals surface area contributed by atoms with E-state index >= 15 is 0 Å².